The van der Waals surface area contributed by atoms with E-state index in [0.29, 0.717) is 18.4 Å². The highest BCUT2D eigenvalue weighted by molar-refractivity contribution is 5.83. The third kappa shape index (κ3) is 1.49. The maximum atomic E-state index is 12.6. The summed E-state index contributed by atoms with van der Waals surface area (Å²) in [4.78, 5) is 14.5. The molecule has 3 heteroatoms. The molecule has 4 rings (SSSR count). The van der Waals surface area contributed by atoms with Crippen molar-refractivity contribution in [2.75, 3.05) is 13.1 Å². The fourth-order valence-electron chi connectivity index (χ4n) is 5.27. The summed E-state index contributed by atoms with van der Waals surface area (Å²) in [6, 6.07) is 0. The molecule has 2 bridgehead atoms. The summed E-state index contributed by atoms with van der Waals surface area (Å²) in [6.07, 6.45) is 5.92. The number of rotatable bonds is 1. The Kier molecular flexibility index (Phi) is 2.19. The first-order valence-electron chi connectivity index (χ1n) is 7.58. The molecule has 4 fully saturated rings. The van der Waals surface area contributed by atoms with Crippen LogP contribution in [0.3, 0.4) is 0 Å². The Morgan fingerprint density at radius 3 is 2.56 bits per heavy atom. The van der Waals surface area contributed by atoms with E-state index in [1.165, 1.54) is 19.3 Å². The molecule has 0 radical (unpaired) electrons. The molecule has 1 N–H and O–H groups in total. The van der Waals surface area contributed by atoms with Crippen molar-refractivity contribution in [2.24, 2.45) is 29.6 Å². The average Bonchev–Trinajstić information content (AvgIpc) is 2.75. The monoisotopic (exact) mass is 249 g/mol. The van der Waals surface area contributed by atoms with Gasteiger partial charge in [-0.2, -0.15) is 0 Å². The van der Waals surface area contributed by atoms with Crippen molar-refractivity contribution in [1.29, 1.82) is 0 Å². The second-order valence-electron chi connectivity index (χ2n) is 7.37. The topological polar surface area (TPSA) is 40.5 Å². The molecule has 0 aromatic rings. The Morgan fingerprint density at radius 1 is 1.28 bits per heavy atom. The highest BCUT2D eigenvalue weighted by Crippen LogP contribution is 2.69. The van der Waals surface area contributed by atoms with Crippen LogP contribution in [0, 0.1) is 29.6 Å². The van der Waals surface area contributed by atoms with Gasteiger partial charge < -0.3 is 10.0 Å². The highest BCUT2D eigenvalue weighted by atomic mass is 16.3. The van der Waals surface area contributed by atoms with Crippen LogP contribution in [0.4, 0.5) is 0 Å². The van der Waals surface area contributed by atoms with Crippen molar-refractivity contribution in [3.8, 4) is 0 Å². The van der Waals surface area contributed by atoms with Crippen LogP contribution in [0.2, 0.25) is 0 Å². The van der Waals surface area contributed by atoms with Gasteiger partial charge in [-0.3, -0.25) is 4.79 Å². The van der Waals surface area contributed by atoms with Crippen molar-refractivity contribution in [3.63, 3.8) is 0 Å². The van der Waals surface area contributed by atoms with Gasteiger partial charge in [0.15, 0.2) is 0 Å². The Hall–Kier alpha value is -0.570. The number of aliphatic hydroxyl groups is 1. The van der Waals surface area contributed by atoms with E-state index >= 15 is 0 Å². The van der Waals surface area contributed by atoms with Gasteiger partial charge in [0.25, 0.3) is 0 Å². The number of β-amino-alcohol motifs (C(OH)–C–C–N with tert-alkyl or cyclic N) is 1. The second-order valence-corrected chi connectivity index (χ2v) is 7.37. The van der Waals surface area contributed by atoms with E-state index in [1.54, 1.807) is 0 Å². The van der Waals surface area contributed by atoms with Crippen LogP contribution in [-0.4, -0.2) is 34.6 Å². The number of fused-ring (bicyclic) bond motifs is 5. The summed E-state index contributed by atoms with van der Waals surface area (Å²) in [5.74, 6) is 3.87. The molecular weight excluding hydrogens is 226 g/mol. The number of hydrogen-bond donors (Lipinski definition) is 1. The van der Waals surface area contributed by atoms with E-state index in [0.717, 1.165) is 43.1 Å². The first kappa shape index (κ1) is 11.3. The zero-order valence-corrected chi connectivity index (χ0v) is 11.1. The van der Waals surface area contributed by atoms with Gasteiger partial charge in [-0.25, -0.2) is 0 Å². The van der Waals surface area contributed by atoms with Crippen LogP contribution in [-0.2, 0) is 4.79 Å². The first-order valence-corrected chi connectivity index (χ1v) is 7.58. The number of carbonyl (C=O) groups is 1. The molecule has 1 saturated heterocycles. The summed E-state index contributed by atoms with van der Waals surface area (Å²) >= 11 is 0. The van der Waals surface area contributed by atoms with Crippen molar-refractivity contribution in [1.82, 2.24) is 4.90 Å². The molecule has 4 aliphatic rings. The molecule has 1 aliphatic heterocycles. The van der Waals surface area contributed by atoms with Gasteiger partial charge in [0.05, 0.1) is 5.60 Å². The summed E-state index contributed by atoms with van der Waals surface area (Å²) in [5.41, 5.74) is -0.656. The van der Waals surface area contributed by atoms with Crippen molar-refractivity contribution in [3.05, 3.63) is 0 Å². The molecule has 3 saturated carbocycles. The Morgan fingerprint density at radius 2 is 1.94 bits per heavy atom. The predicted molar refractivity (Wildman–Crippen MR) is 67.7 cm³/mol. The van der Waals surface area contributed by atoms with Crippen LogP contribution in [0.5, 0.6) is 0 Å². The fourth-order valence-corrected chi connectivity index (χ4v) is 5.27. The zero-order valence-electron chi connectivity index (χ0n) is 11.1. The SMILES string of the molecule is CC1(O)CCCN(C(=O)C2C3C4CCC(C4)C23)C1. The lowest BCUT2D eigenvalue weighted by molar-refractivity contribution is -0.140. The fraction of sp³-hybridized carbons (Fsp3) is 0.933. The minimum atomic E-state index is -0.656. The van der Waals surface area contributed by atoms with Crippen LogP contribution < -0.4 is 0 Å². The van der Waals surface area contributed by atoms with Crippen LogP contribution in [0.15, 0.2) is 0 Å². The molecule has 3 nitrogen and oxygen atoms in total. The summed E-state index contributed by atoms with van der Waals surface area (Å²) < 4.78 is 0. The van der Waals surface area contributed by atoms with Crippen molar-refractivity contribution in [2.45, 2.75) is 44.6 Å². The lowest BCUT2D eigenvalue weighted by atomic mass is 9.94. The van der Waals surface area contributed by atoms with Crippen molar-refractivity contribution < 1.29 is 9.90 Å². The quantitative estimate of drug-likeness (QED) is 0.767. The largest absolute Gasteiger partial charge is 0.388 e. The molecule has 3 aliphatic carbocycles. The number of piperidine rings is 1. The zero-order chi connectivity index (χ0) is 12.5. The molecule has 1 heterocycles. The van der Waals surface area contributed by atoms with Crippen LogP contribution in [0.1, 0.15) is 39.0 Å². The minimum Gasteiger partial charge on any atom is -0.388 e. The van der Waals surface area contributed by atoms with Gasteiger partial charge in [-0.05, 0) is 62.7 Å². The van der Waals surface area contributed by atoms with E-state index in [9.17, 15) is 9.90 Å². The third-order valence-electron chi connectivity index (χ3n) is 6.01. The highest BCUT2D eigenvalue weighted by Gasteiger charge is 2.68. The molecule has 18 heavy (non-hydrogen) atoms. The Labute approximate surface area is 109 Å². The molecule has 100 valence electrons. The van der Waals surface area contributed by atoms with Gasteiger partial charge in [0, 0.05) is 19.0 Å². The summed E-state index contributed by atoms with van der Waals surface area (Å²) in [5, 5.41) is 10.1. The maximum Gasteiger partial charge on any atom is 0.226 e. The van der Waals surface area contributed by atoms with E-state index in [2.05, 4.69) is 0 Å². The van der Waals surface area contributed by atoms with Gasteiger partial charge in [-0.15, -0.1) is 0 Å². The van der Waals surface area contributed by atoms with Crippen molar-refractivity contribution >= 4 is 5.91 Å². The normalized spacial score (nSPS) is 53.4. The molecule has 0 aromatic carbocycles. The van der Waals surface area contributed by atoms with Gasteiger partial charge in [-0.1, -0.05) is 0 Å². The van der Waals surface area contributed by atoms with Crippen LogP contribution >= 0.6 is 0 Å². The smallest absolute Gasteiger partial charge is 0.226 e. The molecule has 5 atom stereocenters. The van der Waals surface area contributed by atoms with Gasteiger partial charge >= 0.3 is 0 Å². The second kappa shape index (κ2) is 3.50. The molecule has 0 aromatic heterocycles. The molecular formula is C15H23NO2. The molecule has 1 amide bonds. The number of amides is 1. The van der Waals surface area contributed by atoms with E-state index in [1.807, 2.05) is 11.8 Å². The number of carbonyl (C=O) groups excluding carboxylic acids is 1. The number of nitrogens with zero attached hydrogens (tertiary/aromatic N) is 1. The van der Waals surface area contributed by atoms with Crippen LogP contribution in [0.25, 0.3) is 0 Å². The first-order chi connectivity index (χ1) is 8.57. The summed E-state index contributed by atoms with van der Waals surface area (Å²) in [6.45, 7) is 3.28. The van der Waals surface area contributed by atoms with E-state index in [-0.39, 0.29) is 0 Å². The predicted octanol–water partition coefficient (Wildman–Crippen LogP) is 1.65. The number of likely N-dealkylation sites (tertiary alicyclic amines) is 1. The maximum absolute atomic E-state index is 12.6. The lowest BCUT2D eigenvalue weighted by Gasteiger charge is -2.37. The number of hydrogen-bond acceptors (Lipinski definition) is 2. The Bertz CT molecular complexity index is 372. The Balaban J connectivity index is 1.46. The molecule has 0 spiro atoms. The lowest BCUT2D eigenvalue weighted by Crippen LogP contribution is -2.49. The third-order valence-corrected chi connectivity index (χ3v) is 6.01. The van der Waals surface area contributed by atoms with E-state index < -0.39 is 5.60 Å². The minimum absolute atomic E-state index is 0.338. The average molecular weight is 249 g/mol. The standard InChI is InChI=1S/C15H23NO2/c1-15(18)5-2-6-16(8-15)14(17)13-11-9-3-4-10(7-9)12(11)13/h9-13,18H,2-8H2,1H3. The molecule has 5 unspecified atom stereocenters. The summed E-state index contributed by atoms with van der Waals surface area (Å²) in [7, 11) is 0. The van der Waals surface area contributed by atoms with E-state index in [4.69, 9.17) is 0 Å². The van der Waals surface area contributed by atoms with Gasteiger partial charge in [0.1, 0.15) is 0 Å². The van der Waals surface area contributed by atoms with Gasteiger partial charge in [0.2, 0.25) is 5.91 Å².